The van der Waals surface area contributed by atoms with Crippen LogP contribution in [0.3, 0.4) is 0 Å². The lowest BCUT2D eigenvalue weighted by atomic mass is 9.97. The fourth-order valence-electron chi connectivity index (χ4n) is 3.39. The molecular weight excluding hydrogens is 264 g/mol. The van der Waals surface area contributed by atoms with Gasteiger partial charge in [0, 0.05) is 0 Å². The van der Waals surface area contributed by atoms with Crippen molar-refractivity contribution >= 4 is 10.9 Å². The molecule has 1 aliphatic carbocycles. The molecule has 0 N–H and O–H groups in total. The molecule has 2 aromatic carbocycles. The van der Waals surface area contributed by atoms with Crippen LogP contribution in [0.1, 0.15) is 25.7 Å². The lowest BCUT2D eigenvalue weighted by molar-refractivity contribution is 0.150. The van der Waals surface area contributed by atoms with E-state index in [0.717, 1.165) is 5.75 Å². The molecule has 3 unspecified atom stereocenters. The molecular formula is C18H19OS+. The first-order valence-corrected chi connectivity index (χ1v) is 8.76. The molecule has 102 valence electrons. The zero-order valence-corrected chi connectivity index (χ0v) is 12.3. The first kappa shape index (κ1) is 12.3. The molecule has 1 aliphatic heterocycles. The molecule has 0 radical (unpaired) electrons. The molecule has 0 bridgehead atoms. The van der Waals surface area contributed by atoms with Crippen LogP contribution in [0.2, 0.25) is 0 Å². The van der Waals surface area contributed by atoms with Gasteiger partial charge in [0.25, 0.3) is 0 Å². The van der Waals surface area contributed by atoms with E-state index in [1.165, 1.54) is 35.5 Å². The summed E-state index contributed by atoms with van der Waals surface area (Å²) in [5, 5.41) is 0.668. The molecule has 1 fully saturated rings. The summed E-state index contributed by atoms with van der Waals surface area (Å²) in [5.74, 6) is 1.11. The number of hydrogen-bond donors (Lipinski definition) is 0. The summed E-state index contributed by atoms with van der Waals surface area (Å²) in [6.45, 7) is 0. The average Bonchev–Trinajstić information content (AvgIpc) is 2.53. The molecule has 0 aromatic heterocycles. The van der Waals surface area contributed by atoms with Gasteiger partial charge in [-0.1, -0.05) is 30.3 Å². The van der Waals surface area contributed by atoms with Gasteiger partial charge in [0.1, 0.15) is 6.10 Å². The fourth-order valence-corrected chi connectivity index (χ4v) is 6.23. The number of benzene rings is 2. The summed E-state index contributed by atoms with van der Waals surface area (Å²) in [6.07, 6.45) is 5.60. The number of ether oxygens (including phenoxy) is 1. The fraction of sp³-hybridized carbons (Fsp3) is 0.333. The molecule has 2 heteroatoms. The van der Waals surface area contributed by atoms with Gasteiger partial charge in [0.05, 0.1) is 10.9 Å². The second kappa shape index (κ2) is 5.17. The molecule has 0 amide bonds. The Kier molecular flexibility index (Phi) is 3.19. The predicted octanol–water partition coefficient (Wildman–Crippen LogP) is 4.43. The minimum atomic E-state index is 0.176. The summed E-state index contributed by atoms with van der Waals surface area (Å²) in [4.78, 5) is 2.88. The van der Waals surface area contributed by atoms with Gasteiger partial charge in [0.15, 0.2) is 15.9 Å². The van der Waals surface area contributed by atoms with Crippen LogP contribution in [0, 0.1) is 0 Å². The maximum Gasteiger partial charge on any atom is 0.202 e. The Bertz CT molecular complexity index is 595. The van der Waals surface area contributed by atoms with Gasteiger partial charge in [0.2, 0.25) is 4.90 Å². The lowest BCUT2D eigenvalue weighted by Crippen LogP contribution is -2.44. The molecule has 4 rings (SSSR count). The molecule has 1 saturated carbocycles. The van der Waals surface area contributed by atoms with Gasteiger partial charge in [-0.3, -0.25) is 0 Å². The third kappa shape index (κ3) is 2.03. The van der Waals surface area contributed by atoms with E-state index in [-0.39, 0.29) is 10.9 Å². The number of para-hydroxylation sites is 1. The summed E-state index contributed by atoms with van der Waals surface area (Å²) in [6, 6.07) is 19.7. The van der Waals surface area contributed by atoms with Crippen molar-refractivity contribution < 1.29 is 4.74 Å². The van der Waals surface area contributed by atoms with Crippen molar-refractivity contribution in [3.05, 3.63) is 54.6 Å². The Hall–Kier alpha value is -1.41. The van der Waals surface area contributed by atoms with Crippen LogP contribution in [-0.4, -0.2) is 11.4 Å². The quantitative estimate of drug-likeness (QED) is 0.704. The summed E-state index contributed by atoms with van der Waals surface area (Å²) < 4.78 is 6.29. The Morgan fingerprint density at radius 2 is 1.60 bits per heavy atom. The standard InChI is InChI=1S/C18H19OS/c1-2-8-14(9-3-1)20-17-12-6-4-10-15(17)19-16-11-5-7-13-18(16)20/h1-4,6,8-10,12,16,18H,5,7,11,13H2/q+1. The summed E-state index contributed by atoms with van der Waals surface area (Å²) in [7, 11) is 0.176. The molecule has 0 spiro atoms. The van der Waals surface area contributed by atoms with E-state index >= 15 is 0 Å². The van der Waals surface area contributed by atoms with Gasteiger partial charge in [-0.05, 0) is 49.9 Å². The molecule has 3 atom stereocenters. The van der Waals surface area contributed by atoms with Crippen molar-refractivity contribution in [3.8, 4) is 5.75 Å². The molecule has 2 aliphatic rings. The van der Waals surface area contributed by atoms with E-state index < -0.39 is 0 Å². The largest absolute Gasteiger partial charge is 0.480 e. The summed E-state index contributed by atoms with van der Waals surface area (Å²) in [5.41, 5.74) is 0. The number of fused-ring (bicyclic) bond motifs is 2. The highest BCUT2D eigenvalue weighted by atomic mass is 32.2. The average molecular weight is 283 g/mol. The van der Waals surface area contributed by atoms with Crippen LogP contribution in [0.15, 0.2) is 64.4 Å². The van der Waals surface area contributed by atoms with Gasteiger partial charge >= 0.3 is 0 Å². The second-order valence-corrected chi connectivity index (χ2v) is 7.77. The van der Waals surface area contributed by atoms with Crippen LogP contribution < -0.4 is 4.74 Å². The van der Waals surface area contributed by atoms with Crippen molar-refractivity contribution in [3.63, 3.8) is 0 Å². The third-order valence-corrected chi connectivity index (χ3v) is 7.04. The Balaban J connectivity index is 1.84. The highest BCUT2D eigenvalue weighted by Gasteiger charge is 2.48. The van der Waals surface area contributed by atoms with Gasteiger partial charge in [-0.2, -0.15) is 0 Å². The zero-order chi connectivity index (χ0) is 13.4. The van der Waals surface area contributed by atoms with Crippen molar-refractivity contribution in [1.82, 2.24) is 0 Å². The van der Waals surface area contributed by atoms with Crippen LogP contribution in [0.5, 0.6) is 5.75 Å². The van der Waals surface area contributed by atoms with E-state index in [0.29, 0.717) is 11.4 Å². The molecule has 2 aromatic rings. The highest BCUT2D eigenvalue weighted by molar-refractivity contribution is 7.97. The van der Waals surface area contributed by atoms with Crippen LogP contribution in [0.25, 0.3) is 0 Å². The minimum absolute atomic E-state index is 0.176. The van der Waals surface area contributed by atoms with Crippen molar-refractivity contribution in [2.45, 2.75) is 46.8 Å². The van der Waals surface area contributed by atoms with Crippen LogP contribution in [0.4, 0.5) is 0 Å². The van der Waals surface area contributed by atoms with Gasteiger partial charge < -0.3 is 4.74 Å². The Morgan fingerprint density at radius 1 is 0.850 bits per heavy atom. The normalized spacial score (nSPS) is 28.1. The van der Waals surface area contributed by atoms with Gasteiger partial charge in [-0.15, -0.1) is 0 Å². The molecule has 1 heterocycles. The first-order valence-electron chi connectivity index (χ1n) is 7.47. The summed E-state index contributed by atoms with van der Waals surface area (Å²) >= 11 is 0. The van der Waals surface area contributed by atoms with E-state index in [4.69, 9.17) is 4.74 Å². The Labute approximate surface area is 123 Å². The van der Waals surface area contributed by atoms with Gasteiger partial charge in [-0.25, -0.2) is 0 Å². The van der Waals surface area contributed by atoms with Crippen molar-refractivity contribution in [1.29, 1.82) is 0 Å². The number of hydrogen-bond acceptors (Lipinski definition) is 1. The molecule has 20 heavy (non-hydrogen) atoms. The van der Waals surface area contributed by atoms with Crippen LogP contribution >= 0.6 is 0 Å². The minimum Gasteiger partial charge on any atom is -0.480 e. The van der Waals surface area contributed by atoms with E-state index in [1.54, 1.807) is 0 Å². The number of rotatable bonds is 1. The van der Waals surface area contributed by atoms with E-state index in [1.807, 2.05) is 0 Å². The first-order chi connectivity index (χ1) is 9.93. The second-order valence-electron chi connectivity index (χ2n) is 5.58. The third-order valence-electron chi connectivity index (χ3n) is 4.31. The molecule has 0 saturated heterocycles. The monoisotopic (exact) mass is 283 g/mol. The van der Waals surface area contributed by atoms with Crippen LogP contribution in [-0.2, 0) is 10.9 Å². The maximum atomic E-state index is 6.29. The Morgan fingerprint density at radius 3 is 2.50 bits per heavy atom. The van der Waals surface area contributed by atoms with E-state index in [9.17, 15) is 0 Å². The zero-order valence-electron chi connectivity index (χ0n) is 11.5. The van der Waals surface area contributed by atoms with Crippen molar-refractivity contribution in [2.75, 3.05) is 0 Å². The van der Waals surface area contributed by atoms with E-state index in [2.05, 4.69) is 54.6 Å². The topological polar surface area (TPSA) is 9.23 Å². The highest BCUT2D eigenvalue weighted by Crippen LogP contribution is 2.44. The maximum absolute atomic E-state index is 6.29. The lowest BCUT2D eigenvalue weighted by Gasteiger charge is -2.35. The SMILES string of the molecule is c1ccc([S+]2c3ccccc3OC3CCCCC32)cc1. The van der Waals surface area contributed by atoms with Crippen molar-refractivity contribution in [2.24, 2.45) is 0 Å². The molecule has 1 nitrogen and oxygen atoms in total. The predicted molar refractivity (Wildman–Crippen MR) is 83.5 cm³/mol. The smallest absolute Gasteiger partial charge is 0.202 e.